The Morgan fingerprint density at radius 3 is 2.71 bits per heavy atom. The molecule has 4 nitrogen and oxygen atoms in total. The molecule has 80 valence electrons. The Kier molecular flexibility index (Phi) is 3.16. The van der Waals surface area contributed by atoms with E-state index in [2.05, 4.69) is 0 Å². The molecule has 1 aliphatic heterocycles. The van der Waals surface area contributed by atoms with E-state index in [-0.39, 0.29) is 6.10 Å². The molecule has 0 aliphatic carbocycles. The van der Waals surface area contributed by atoms with Gasteiger partial charge in [-0.3, -0.25) is 4.84 Å². The minimum absolute atomic E-state index is 0.0729. The van der Waals surface area contributed by atoms with Gasteiger partial charge in [-0.1, -0.05) is 12.2 Å². The zero-order valence-electron chi connectivity index (χ0n) is 9.11. The van der Waals surface area contributed by atoms with E-state index in [4.69, 9.17) is 9.57 Å². The topological polar surface area (TPSA) is 38.8 Å². The fourth-order valence-corrected chi connectivity index (χ4v) is 1.06. The fraction of sp³-hybridized carbons (Fsp3) is 0.700. The van der Waals surface area contributed by atoms with Crippen molar-refractivity contribution in [1.29, 1.82) is 0 Å². The van der Waals surface area contributed by atoms with Crippen molar-refractivity contribution < 1.29 is 14.4 Å². The number of rotatable bonds is 0. The molecule has 0 aromatic rings. The maximum atomic E-state index is 11.5. The molecule has 1 aliphatic rings. The standard InChI is InChI=1S/C10H17NO3/c1-8-6-5-7-11(14-8)9(12)13-10(2,3)4/h5-6,8H,7H2,1-4H3. The highest BCUT2D eigenvalue weighted by Crippen LogP contribution is 2.13. The van der Waals surface area contributed by atoms with Crippen molar-refractivity contribution in [1.82, 2.24) is 5.06 Å². The van der Waals surface area contributed by atoms with Crippen LogP contribution in [0.2, 0.25) is 0 Å². The molecule has 0 bridgehead atoms. The molecule has 0 fully saturated rings. The third-order valence-electron chi connectivity index (χ3n) is 1.57. The number of hydrogen-bond donors (Lipinski definition) is 0. The minimum atomic E-state index is -0.481. The van der Waals surface area contributed by atoms with Gasteiger partial charge in [-0.2, -0.15) is 5.06 Å². The monoisotopic (exact) mass is 199 g/mol. The molecule has 0 spiro atoms. The molecule has 1 heterocycles. The van der Waals surface area contributed by atoms with Gasteiger partial charge in [0, 0.05) is 0 Å². The van der Waals surface area contributed by atoms with Crippen LogP contribution in [-0.2, 0) is 9.57 Å². The Bertz CT molecular complexity index is 242. The first-order chi connectivity index (χ1) is 6.38. The second-order valence-corrected chi connectivity index (χ2v) is 4.28. The van der Waals surface area contributed by atoms with E-state index in [1.165, 1.54) is 5.06 Å². The van der Waals surface area contributed by atoms with Crippen LogP contribution >= 0.6 is 0 Å². The van der Waals surface area contributed by atoms with Crippen LogP contribution in [0.1, 0.15) is 27.7 Å². The molecule has 0 N–H and O–H groups in total. The van der Waals surface area contributed by atoms with Crippen molar-refractivity contribution in [3.63, 3.8) is 0 Å². The molecule has 0 radical (unpaired) electrons. The van der Waals surface area contributed by atoms with Crippen molar-refractivity contribution in [2.24, 2.45) is 0 Å². The molecular weight excluding hydrogens is 182 g/mol. The van der Waals surface area contributed by atoms with Crippen LogP contribution in [0, 0.1) is 0 Å². The molecule has 0 saturated heterocycles. The first-order valence-corrected chi connectivity index (χ1v) is 4.72. The van der Waals surface area contributed by atoms with E-state index < -0.39 is 11.7 Å². The highest BCUT2D eigenvalue weighted by atomic mass is 16.7. The van der Waals surface area contributed by atoms with Crippen molar-refractivity contribution in [3.8, 4) is 0 Å². The van der Waals surface area contributed by atoms with Gasteiger partial charge in [-0.15, -0.1) is 0 Å². The Morgan fingerprint density at radius 2 is 2.21 bits per heavy atom. The minimum Gasteiger partial charge on any atom is -0.442 e. The molecule has 1 unspecified atom stereocenters. The summed E-state index contributed by atoms with van der Waals surface area (Å²) < 4.78 is 5.15. The van der Waals surface area contributed by atoms with E-state index in [1.54, 1.807) is 0 Å². The third-order valence-corrected chi connectivity index (χ3v) is 1.57. The first kappa shape index (κ1) is 11.0. The number of carbonyl (C=O) groups is 1. The lowest BCUT2D eigenvalue weighted by atomic mass is 10.2. The summed E-state index contributed by atoms with van der Waals surface area (Å²) in [6, 6.07) is 0. The number of carbonyl (C=O) groups excluding carboxylic acids is 1. The van der Waals surface area contributed by atoms with E-state index in [9.17, 15) is 4.79 Å². The molecule has 1 amide bonds. The van der Waals surface area contributed by atoms with Gasteiger partial charge in [0.15, 0.2) is 0 Å². The van der Waals surface area contributed by atoms with Crippen LogP contribution in [0.3, 0.4) is 0 Å². The van der Waals surface area contributed by atoms with E-state index in [0.717, 1.165) is 0 Å². The molecule has 0 aromatic heterocycles. The maximum absolute atomic E-state index is 11.5. The molecule has 0 aromatic carbocycles. The van der Waals surface area contributed by atoms with Crippen molar-refractivity contribution in [3.05, 3.63) is 12.2 Å². The van der Waals surface area contributed by atoms with Crippen LogP contribution in [-0.4, -0.2) is 29.4 Å². The molecule has 1 rings (SSSR count). The van der Waals surface area contributed by atoms with Crippen LogP contribution in [0.5, 0.6) is 0 Å². The summed E-state index contributed by atoms with van der Waals surface area (Å²) in [5.41, 5.74) is -0.481. The van der Waals surface area contributed by atoms with Crippen LogP contribution in [0.25, 0.3) is 0 Å². The summed E-state index contributed by atoms with van der Waals surface area (Å²) in [6.45, 7) is 7.79. The van der Waals surface area contributed by atoms with Crippen molar-refractivity contribution in [2.75, 3.05) is 6.54 Å². The first-order valence-electron chi connectivity index (χ1n) is 4.72. The van der Waals surface area contributed by atoms with Crippen LogP contribution < -0.4 is 0 Å². The van der Waals surface area contributed by atoms with E-state index in [0.29, 0.717) is 6.54 Å². The zero-order chi connectivity index (χ0) is 10.8. The predicted molar refractivity (Wildman–Crippen MR) is 52.6 cm³/mol. The van der Waals surface area contributed by atoms with Gasteiger partial charge in [0.05, 0.1) is 6.54 Å². The highest BCUT2D eigenvalue weighted by Gasteiger charge is 2.24. The van der Waals surface area contributed by atoms with Gasteiger partial charge < -0.3 is 4.74 Å². The number of ether oxygens (including phenoxy) is 1. The zero-order valence-corrected chi connectivity index (χ0v) is 9.11. The normalized spacial score (nSPS) is 22.3. The van der Waals surface area contributed by atoms with Gasteiger partial charge in [0.25, 0.3) is 0 Å². The Morgan fingerprint density at radius 1 is 1.57 bits per heavy atom. The molecule has 1 atom stereocenters. The lowest BCUT2D eigenvalue weighted by Crippen LogP contribution is -2.40. The summed E-state index contributed by atoms with van der Waals surface area (Å²) >= 11 is 0. The van der Waals surface area contributed by atoms with Gasteiger partial charge in [-0.25, -0.2) is 4.79 Å². The van der Waals surface area contributed by atoms with Crippen LogP contribution in [0.4, 0.5) is 4.79 Å². The Labute approximate surface area is 84.4 Å². The van der Waals surface area contributed by atoms with Gasteiger partial charge in [-0.05, 0) is 27.7 Å². The SMILES string of the molecule is CC1C=CCN(C(=O)OC(C)(C)C)O1. The van der Waals surface area contributed by atoms with E-state index >= 15 is 0 Å². The largest absolute Gasteiger partial charge is 0.442 e. The van der Waals surface area contributed by atoms with Crippen molar-refractivity contribution in [2.45, 2.75) is 39.4 Å². The highest BCUT2D eigenvalue weighted by molar-refractivity contribution is 5.67. The second kappa shape index (κ2) is 4.00. The quantitative estimate of drug-likeness (QED) is 0.561. The second-order valence-electron chi connectivity index (χ2n) is 4.28. The lowest BCUT2D eigenvalue weighted by Gasteiger charge is -2.29. The number of hydrogen-bond acceptors (Lipinski definition) is 3. The maximum Gasteiger partial charge on any atom is 0.434 e. The summed E-state index contributed by atoms with van der Waals surface area (Å²) in [5.74, 6) is 0. The van der Waals surface area contributed by atoms with Crippen LogP contribution in [0.15, 0.2) is 12.2 Å². The smallest absolute Gasteiger partial charge is 0.434 e. The number of amides is 1. The molecule has 4 heteroatoms. The van der Waals surface area contributed by atoms with E-state index in [1.807, 2.05) is 39.8 Å². The number of hydroxylamine groups is 2. The van der Waals surface area contributed by atoms with Gasteiger partial charge >= 0.3 is 6.09 Å². The predicted octanol–water partition coefficient (Wildman–Crippen LogP) is 2.11. The van der Waals surface area contributed by atoms with Gasteiger partial charge in [0.2, 0.25) is 0 Å². The lowest BCUT2D eigenvalue weighted by molar-refractivity contribution is -0.164. The van der Waals surface area contributed by atoms with Gasteiger partial charge in [0.1, 0.15) is 11.7 Å². The third kappa shape index (κ3) is 3.38. The van der Waals surface area contributed by atoms with Crippen molar-refractivity contribution >= 4 is 6.09 Å². The molecule has 0 saturated carbocycles. The number of nitrogens with zero attached hydrogens (tertiary/aromatic N) is 1. The Balaban J connectivity index is 2.50. The Hall–Kier alpha value is -1.03. The summed E-state index contributed by atoms with van der Waals surface area (Å²) in [4.78, 5) is 16.8. The summed E-state index contributed by atoms with van der Waals surface area (Å²) in [5, 5.41) is 1.23. The molecule has 14 heavy (non-hydrogen) atoms. The average molecular weight is 199 g/mol. The average Bonchev–Trinajstić information content (AvgIpc) is 2.01. The summed E-state index contributed by atoms with van der Waals surface area (Å²) in [7, 11) is 0. The summed E-state index contributed by atoms with van der Waals surface area (Å²) in [6.07, 6.45) is 3.28. The molecular formula is C10H17NO3. The fourth-order valence-electron chi connectivity index (χ4n) is 1.06.